The average Bonchev–Trinajstić information content (AvgIpc) is 2.96. The maximum absolute atomic E-state index is 11.7. The summed E-state index contributed by atoms with van der Waals surface area (Å²) in [7, 11) is 0. The summed E-state index contributed by atoms with van der Waals surface area (Å²) < 4.78 is 0. The fourth-order valence-corrected chi connectivity index (χ4v) is 2.81. The molecule has 0 aromatic carbocycles. The molecule has 1 saturated heterocycles. The highest BCUT2D eigenvalue weighted by molar-refractivity contribution is 5.96. The van der Waals surface area contributed by atoms with E-state index in [1.807, 2.05) is 6.92 Å². The van der Waals surface area contributed by atoms with Crippen molar-refractivity contribution >= 4 is 17.6 Å². The summed E-state index contributed by atoms with van der Waals surface area (Å²) in [6, 6.07) is 0. The van der Waals surface area contributed by atoms with E-state index in [2.05, 4.69) is 6.92 Å². The zero-order chi connectivity index (χ0) is 18.2. The van der Waals surface area contributed by atoms with Gasteiger partial charge >= 0.3 is 0 Å². The summed E-state index contributed by atoms with van der Waals surface area (Å²) in [5.74, 6) is 0.362. The molecule has 1 aliphatic rings. The van der Waals surface area contributed by atoms with E-state index in [4.69, 9.17) is 0 Å². The number of nitrogens with zero attached hydrogens (tertiary/aromatic N) is 1. The molecule has 0 aromatic rings. The van der Waals surface area contributed by atoms with Crippen LogP contribution in [0.4, 0.5) is 0 Å². The van der Waals surface area contributed by atoms with E-state index in [9.17, 15) is 14.4 Å². The van der Waals surface area contributed by atoms with Crippen LogP contribution in [-0.4, -0.2) is 29.0 Å². The number of rotatable bonds is 11. The van der Waals surface area contributed by atoms with Crippen LogP contribution in [0.5, 0.6) is 0 Å². The van der Waals surface area contributed by atoms with Gasteiger partial charge in [-0.1, -0.05) is 58.8 Å². The number of unbranched alkanes of at least 4 members (excludes halogenated alkanes) is 7. The average molecular weight is 340 g/mol. The molecule has 0 atom stereocenters. The van der Waals surface area contributed by atoms with E-state index in [1.165, 1.54) is 43.4 Å². The molecule has 4 heteroatoms. The number of hydrogen-bond donors (Lipinski definition) is 0. The fraction of sp³-hybridized carbons (Fsp3) is 0.850. The Labute approximate surface area is 148 Å². The summed E-state index contributed by atoms with van der Waals surface area (Å²) in [6.07, 6.45) is 13.6. The van der Waals surface area contributed by atoms with E-state index < -0.39 is 0 Å². The van der Waals surface area contributed by atoms with E-state index in [1.54, 1.807) is 6.92 Å². The predicted octanol–water partition coefficient (Wildman–Crippen LogP) is 5.04. The highest BCUT2D eigenvalue weighted by Gasteiger charge is 2.25. The third-order valence-corrected chi connectivity index (χ3v) is 4.22. The molecule has 0 radical (unpaired) electrons. The van der Waals surface area contributed by atoms with Gasteiger partial charge in [-0.05, 0) is 26.2 Å². The monoisotopic (exact) mass is 339 g/mol. The van der Waals surface area contributed by atoms with Crippen molar-refractivity contribution in [3.8, 4) is 0 Å². The summed E-state index contributed by atoms with van der Waals surface area (Å²) in [5.41, 5.74) is 0. The van der Waals surface area contributed by atoms with Gasteiger partial charge in [0.25, 0.3) is 0 Å². The third-order valence-electron chi connectivity index (χ3n) is 4.22. The van der Waals surface area contributed by atoms with Crippen molar-refractivity contribution in [2.75, 3.05) is 6.54 Å². The zero-order valence-corrected chi connectivity index (χ0v) is 16.1. The molecule has 4 nitrogen and oxygen atoms in total. The quantitative estimate of drug-likeness (QED) is 0.495. The van der Waals surface area contributed by atoms with Crippen LogP contribution in [0.15, 0.2) is 0 Å². The second kappa shape index (κ2) is 15.3. The zero-order valence-electron chi connectivity index (χ0n) is 16.1. The molecule has 140 valence electrons. The van der Waals surface area contributed by atoms with Crippen molar-refractivity contribution in [2.45, 2.75) is 104 Å². The van der Waals surface area contributed by atoms with Crippen LogP contribution >= 0.6 is 0 Å². The van der Waals surface area contributed by atoms with Gasteiger partial charge in [-0.15, -0.1) is 0 Å². The Bertz CT molecular complexity index is 366. The molecule has 0 bridgehead atoms. The molecule has 1 aliphatic heterocycles. The van der Waals surface area contributed by atoms with Crippen LogP contribution < -0.4 is 0 Å². The van der Waals surface area contributed by atoms with Crippen LogP contribution in [0.3, 0.4) is 0 Å². The van der Waals surface area contributed by atoms with Crippen molar-refractivity contribution in [3.63, 3.8) is 0 Å². The van der Waals surface area contributed by atoms with Gasteiger partial charge in [-0.3, -0.25) is 14.5 Å². The Morgan fingerprint density at radius 2 is 1.46 bits per heavy atom. The Hall–Kier alpha value is -1.19. The van der Waals surface area contributed by atoms with Gasteiger partial charge in [0.2, 0.25) is 11.8 Å². The van der Waals surface area contributed by atoms with Gasteiger partial charge in [0.15, 0.2) is 0 Å². The van der Waals surface area contributed by atoms with Gasteiger partial charge in [0.05, 0.1) is 0 Å². The van der Waals surface area contributed by atoms with Crippen LogP contribution in [-0.2, 0) is 14.4 Å². The Kier molecular flexibility index (Phi) is 14.6. The SMILES string of the molecule is CCCC(C)=O.CCCCCCCCCCC(=O)N1CCCC1=O. The molecule has 0 unspecified atom stereocenters. The van der Waals surface area contributed by atoms with Crippen molar-refractivity contribution in [3.05, 3.63) is 0 Å². The number of carbonyl (C=O) groups excluding carboxylic acids is 3. The van der Waals surface area contributed by atoms with Crippen molar-refractivity contribution in [1.82, 2.24) is 4.90 Å². The van der Waals surface area contributed by atoms with Crippen LogP contribution in [0, 0.1) is 0 Å². The minimum absolute atomic E-state index is 0.0274. The lowest BCUT2D eigenvalue weighted by Crippen LogP contribution is -2.31. The minimum atomic E-state index is 0.0274. The summed E-state index contributed by atoms with van der Waals surface area (Å²) in [4.78, 5) is 34.6. The van der Waals surface area contributed by atoms with E-state index in [-0.39, 0.29) is 17.6 Å². The van der Waals surface area contributed by atoms with Crippen LogP contribution in [0.1, 0.15) is 104 Å². The molecule has 0 aromatic heterocycles. The number of likely N-dealkylation sites (tertiary alicyclic amines) is 1. The normalized spacial score (nSPS) is 13.6. The predicted molar refractivity (Wildman–Crippen MR) is 98.8 cm³/mol. The third kappa shape index (κ3) is 12.3. The van der Waals surface area contributed by atoms with Gasteiger partial charge in [0, 0.05) is 25.8 Å². The van der Waals surface area contributed by atoms with Crippen molar-refractivity contribution < 1.29 is 14.4 Å². The number of carbonyl (C=O) groups is 3. The molecule has 1 fully saturated rings. The molecule has 0 saturated carbocycles. The van der Waals surface area contributed by atoms with E-state index >= 15 is 0 Å². The lowest BCUT2D eigenvalue weighted by molar-refractivity contribution is -0.141. The second-order valence-electron chi connectivity index (χ2n) is 6.72. The molecule has 0 aliphatic carbocycles. The Morgan fingerprint density at radius 1 is 0.875 bits per heavy atom. The number of ketones is 1. The maximum atomic E-state index is 11.7. The molecule has 1 rings (SSSR count). The minimum Gasteiger partial charge on any atom is -0.300 e. The van der Waals surface area contributed by atoms with Crippen LogP contribution in [0.25, 0.3) is 0 Å². The molecule has 24 heavy (non-hydrogen) atoms. The number of Topliss-reactive ketones (excluding diaryl/α,β-unsaturated/α-hetero) is 1. The van der Waals surface area contributed by atoms with E-state index in [0.717, 1.165) is 32.1 Å². The first-order valence-corrected chi connectivity index (χ1v) is 9.85. The van der Waals surface area contributed by atoms with Crippen LogP contribution in [0.2, 0.25) is 0 Å². The molecule has 0 N–H and O–H groups in total. The standard InChI is InChI=1S/C15H27NO2.C5H10O/c1-2-3-4-5-6-7-8-9-11-14(17)16-13-10-12-15(16)18;1-3-4-5(2)6/h2-13H2,1H3;3-4H2,1-2H3. The summed E-state index contributed by atoms with van der Waals surface area (Å²) in [6.45, 7) is 6.49. The molecular weight excluding hydrogens is 302 g/mol. The topological polar surface area (TPSA) is 54.5 Å². The first-order chi connectivity index (χ1) is 11.5. The number of hydrogen-bond acceptors (Lipinski definition) is 3. The molecule has 0 spiro atoms. The summed E-state index contributed by atoms with van der Waals surface area (Å²) >= 11 is 0. The lowest BCUT2D eigenvalue weighted by Gasteiger charge is -2.12. The fourth-order valence-electron chi connectivity index (χ4n) is 2.81. The Balaban J connectivity index is 0.000000754. The van der Waals surface area contributed by atoms with Gasteiger partial charge in [-0.2, -0.15) is 0 Å². The van der Waals surface area contributed by atoms with Crippen molar-refractivity contribution in [2.24, 2.45) is 0 Å². The molecular formula is C20H37NO3. The highest BCUT2D eigenvalue weighted by Crippen LogP contribution is 2.14. The number of amides is 2. The van der Waals surface area contributed by atoms with Gasteiger partial charge < -0.3 is 4.79 Å². The largest absolute Gasteiger partial charge is 0.300 e. The Morgan fingerprint density at radius 3 is 1.88 bits per heavy atom. The van der Waals surface area contributed by atoms with Gasteiger partial charge in [0.1, 0.15) is 5.78 Å². The second-order valence-corrected chi connectivity index (χ2v) is 6.72. The highest BCUT2D eigenvalue weighted by atomic mass is 16.2. The maximum Gasteiger partial charge on any atom is 0.229 e. The molecule has 1 heterocycles. The lowest BCUT2D eigenvalue weighted by atomic mass is 10.1. The smallest absolute Gasteiger partial charge is 0.229 e. The van der Waals surface area contributed by atoms with Gasteiger partial charge in [-0.25, -0.2) is 0 Å². The number of imide groups is 1. The van der Waals surface area contributed by atoms with E-state index in [0.29, 0.717) is 19.4 Å². The summed E-state index contributed by atoms with van der Waals surface area (Å²) in [5, 5.41) is 0. The molecule has 2 amide bonds. The van der Waals surface area contributed by atoms with Crippen molar-refractivity contribution in [1.29, 1.82) is 0 Å². The first kappa shape index (κ1) is 22.8. The first-order valence-electron chi connectivity index (χ1n) is 9.85.